The van der Waals surface area contributed by atoms with E-state index in [9.17, 15) is 4.79 Å². The molecule has 0 aromatic carbocycles. The van der Waals surface area contributed by atoms with Crippen molar-refractivity contribution in [2.45, 2.75) is 38.1 Å². The fourth-order valence-electron chi connectivity index (χ4n) is 1.65. The molecule has 0 spiro atoms. The maximum absolute atomic E-state index is 11.5. The minimum Gasteiger partial charge on any atom is -0.396 e. The zero-order chi connectivity index (χ0) is 10.2. The lowest BCUT2D eigenvalue weighted by atomic mass is 10.0. The smallest absolute Gasteiger partial charge is 0.237 e. The quantitative estimate of drug-likeness (QED) is 0.548. The minimum atomic E-state index is 0.0119. The van der Waals surface area contributed by atoms with Gasteiger partial charge in [0.05, 0.1) is 6.04 Å². The van der Waals surface area contributed by atoms with Gasteiger partial charge >= 0.3 is 0 Å². The summed E-state index contributed by atoms with van der Waals surface area (Å²) in [5.74, 6) is 0.114. The number of piperidine rings is 1. The number of nitrogens with one attached hydrogen (secondary N) is 2. The predicted octanol–water partition coefficient (Wildman–Crippen LogP) is 0.0172. The topological polar surface area (TPSA) is 61.4 Å². The van der Waals surface area contributed by atoms with Crippen LogP contribution in [0.5, 0.6) is 0 Å². The number of aliphatic hydroxyl groups excluding tert-OH is 1. The Kier molecular flexibility index (Phi) is 5.56. The standard InChI is InChI=1S/C10H20N2O2/c13-8-4-3-7-12-10(14)9-5-1-2-6-11-9/h9,11,13H,1-8H2,(H,12,14)/t9-/m1/s1. The van der Waals surface area contributed by atoms with Crippen molar-refractivity contribution in [3.8, 4) is 0 Å². The van der Waals surface area contributed by atoms with Gasteiger partial charge in [-0.15, -0.1) is 0 Å². The van der Waals surface area contributed by atoms with Crippen molar-refractivity contribution in [1.82, 2.24) is 10.6 Å². The average Bonchev–Trinajstić information content (AvgIpc) is 2.25. The summed E-state index contributed by atoms with van der Waals surface area (Å²) in [4.78, 5) is 11.5. The number of hydrogen-bond donors (Lipinski definition) is 3. The highest BCUT2D eigenvalue weighted by atomic mass is 16.2. The molecule has 0 unspecified atom stereocenters. The summed E-state index contributed by atoms with van der Waals surface area (Å²) >= 11 is 0. The van der Waals surface area contributed by atoms with Crippen LogP contribution in [-0.2, 0) is 4.79 Å². The number of carbonyl (C=O) groups excluding carboxylic acids is 1. The molecule has 0 bridgehead atoms. The van der Waals surface area contributed by atoms with Gasteiger partial charge in [0.1, 0.15) is 0 Å². The zero-order valence-corrected chi connectivity index (χ0v) is 8.59. The molecule has 0 aromatic rings. The van der Waals surface area contributed by atoms with Crippen LogP contribution >= 0.6 is 0 Å². The van der Waals surface area contributed by atoms with Crippen molar-refractivity contribution in [2.75, 3.05) is 19.7 Å². The van der Waals surface area contributed by atoms with Crippen molar-refractivity contribution in [1.29, 1.82) is 0 Å². The molecule has 14 heavy (non-hydrogen) atoms. The van der Waals surface area contributed by atoms with Gasteiger partial charge in [0.15, 0.2) is 0 Å². The van der Waals surface area contributed by atoms with Crippen LogP contribution < -0.4 is 10.6 Å². The van der Waals surface area contributed by atoms with E-state index in [4.69, 9.17) is 5.11 Å². The summed E-state index contributed by atoms with van der Waals surface area (Å²) < 4.78 is 0. The van der Waals surface area contributed by atoms with E-state index in [1.807, 2.05) is 0 Å². The highest BCUT2D eigenvalue weighted by molar-refractivity contribution is 5.81. The van der Waals surface area contributed by atoms with Gasteiger partial charge in [0.2, 0.25) is 5.91 Å². The first kappa shape index (κ1) is 11.5. The average molecular weight is 200 g/mol. The summed E-state index contributed by atoms with van der Waals surface area (Å²) in [6, 6.07) is 0.0119. The first-order chi connectivity index (χ1) is 6.84. The molecule has 0 saturated carbocycles. The number of aliphatic hydroxyl groups is 1. The molecule has 1 saturated heterocycles. The van der Waals surface area contributed by atoms with Gasteiger partial charge in [-0.05, 0) is 32.2 Å². The van der Waals surface area contributed by atoms with E-state index in [0.717, 1.165) is 32.2 Å². The third kappa shape index (κ3) is 4.07. The van der Waals surface area contributed by atoms with Crippen molar-refractivity contribution >= 4 is 5.91 Å². The van der Waals surface area contributed by atoms with E-state index >= 15 is 0 Å². The van der Waals surface area contributed by atoms with Crippen LogP contribution in [0.4, 0.5) is 0 Å². The maximum Gasteiger partial charge on any atom is 0.237 e. The van der Waals surface area contributed by atoms with Gasteiger partial charge in [-0.3, -0.25) is 4.79 Å². The molecule has 1 amide bonds. The SMILES string of the molecule is O=C(NCCCCO)[C@H]1CCCCN1. The third-order valence-corrected chi connectivity index (χ3v) is 2.51. The number of amides is 1. The molecule has 0 aliphatic carbocycles. The van der Waals surface area contributed by atoms with Crippen molar-refractivity contribution in [3.63, 3.8) is 0 Å². The largest absolute Gasteiger partial charge is 0.396 e. The molecule has 1 fully saturated rings. The Morgan fingerprint density at radius 2 is 2.29 bits per heavy atom. The van der Waals surface area contributed by atoms with Crippen LogP contribution in [0.3, 0.4) is 0 Å². The normalized spacial score (nSPS) is 21.9. The molecule has 1 atom stereocenters. The Balaban J connectivity index is 2.07. The van der Waals surface area contributed by atoms with Crippen molar-refractivity contribution < 1.29 is 9.90 Å². The molecular formula is C10H20N2O2. The molecular weight excluding hydrogens is 180 g/mol. The highest BCUT2D eigenvalue weighted by Crippen LogP contribution is 2.06. The van der Waals surface area contributed by atoms with Crippen LogP contribution in [0.15, 0.2) is 0 Å². The molecule has 3 N–H and O–H groups in total. The molecule has 0 radical (unpaired) electrons. The van der Waals surface area contributed by atoms with Gasteiger partial charge in [0, 0.05) is 13.2 Å². The fourth-order valence-corrected chi connectivity index (χ4v) is 1.65. The molecule has 1 aliphatic rings. The second-order valence-corrected chi connectivity index (χ2v) is 3.72. The lowest BCUT2D eigenvalue weighted by molar-refractivity contribution is -0.123. The number of carbonyl (C=O) groups is 1. The minimum absolute atomic E-state index is 0.0119. The lowest BCUT2D eigenvalue weighted by Crippen LogP contribution is -2.46. The van der Waals surface area contributed by atoms with Crippen LogP contribution in [-0.4, -0.2) is 36.8 Å². The number of hydrogen-bond acceptors (Lipinski definition) is 3. The van der Waals surface area contributed by atoms with Gasteiger partial charge in [-0.2, -0.15) is 0 Å². The lowest BCUT2D eigenvalue weighted by Gasteiger charge is -2.22. The molecule has 4 nitrogen and oxygen atoms in total. The summed E-state index contributed by atoms with van der Waals surface area (Å²) in [7, 11) is 0. The van der Waals surface area contributed by atoms with E-state index in [1.165, 1.54) is 6.42 Å². The first-order valence-electron chi connectivity index (χ1n) is 5.46. The fraction of sp³-hybridized carbons (Fsp3) is 0.900. The monoisotopic (exact) mass is 200 g/mol. The Morgan fingerprint density at radius 1 is 1.43 bits per heavy atom. The van der Waals surface area contributed by atoms with Crippen LogP contribution in [0, 0.1) is 0 Å². The molecule has 1 heterocycles. The zero-order valence-electron chi connectivity index (χ0n) is 8.59. The summed E-state index contributed by atoms with van der Waals surface area (Å²) in [5.41, 5.74) is 0. The predicted molar refractivity (Wildman–Crippen MR) is 55.0 cm³/mol. The van der Waals surface area contributed by atoms with Crippen LogP contribution in [0.2, 0.25) is 0 Å². The van der Waals surface area contributed by atoms with Crippen LogP contribution in [0.1, 0.15) is 32.1 Å². The summed E-state index contributed by atoms with van der Waals surface area (Å²) in [6.45, 7) is 1.84. The van der Waals surface area contributed by atoms with Gasteiger partial charge in [-0.1, -0.05) is 6.42 Å². The van der Waals surface area contributed by atoms with Crippen LogP contribution in [0.25, 0.3) is 0 Å². The molecule has 82 valence electrons. The van der Waals surface area contributed by atoms with E-state index in [1.54, 1.807) is 0 Å². The second-order valence-electron chi connectivity index (χ2n) is 3.72. The second kappa shape index (κ2) is 6.79. The number of unbranched alkanes of at least 4 members (excludes halogenated alkanes) is 1. The molecule has 0 aromatic heterocycles. The Labute approximate surface area is 85.1 Å². The van der Waals surface area contributed by atoms with Crippen molar-refractivity contribution in [2.24, 2.45) is 0 Å². The van der Waals surface area contributed by atoms with E-state index in [2.05, 4.69) is 10.6 Å². The Morgan fingerprint density at radius 3 is 2.93 bits per heavy atom. The summed E-state index contributed by atoms with van der Waals surface area (Å²) in [5, 5.41) is 14.6. The van der Waals surface area contributed by atoms with E-state index in [-0.39, 0.29) is 18.6 Å². The molecule has 1 aliphatic heterocycles. The summed E-state index contributed by atoms with van der Waals surface area (Å²) in [6.07, 6.45) is 4.88. The first-order valence-corrected chi connectivity index (χ1v) is 5.46. The van der Waals surface area contributed by atoms with Gasteiger partial charge in [-0.25, -0.2) is 0 Å². The Hall–Kier alpha value is -0.610. The highest BCUT2D eigenvalue weighted by Gasteiger charge is 2.19. The molecule has 4 heteroatoms. The van der Waals surface area contributed by atoms with E-state index in [0.29, 0.717) is 6.54 Å². The third-order valence-electron chi connectivity index (χ3n) is 2.51. The van der Waals surface area contributed by atoms with Gasteiger partial charge in [0.25, 0.3) is 0 Å². The maximum atomic E-state index is 11.5. The van der Waals surface area contributed by atoms with Gasteiger partial charge < -0.3 is 15.7 Å². The Bertz CT molecular complexity index is 168. The van der Waals surface area contributed by atoms with Crippen molar-refractivity contribution in [3.05, 3.63) is 0 Å². The molecule has 1 rings (SSSR count). The number of rotatable bonds is 5. The van der Waals surface area contributed by atoms with E-state index < -0.39 is 0 Å².